The zero-order chi connectivity index (χ0) is 18.9. The SMILES string of the molecule is CCOC(=O)[C@@]1(CN)[C@H](S(=O)(=O)c2ccccc2)[C@@H]1c1cccc(F)c1. The van der Waals surface area contributed by atoms with Gasteiger partial charge in [0.1, 0.15) is 11.2 Å². The quantitative estimate of drug-likeness (QED) is 0.781. The van der Waals surface area contributed by atoms with E-state index in [2.05, 4.69) is 0 Å². The predicted molar refractivity (Wildman–Crippen MR) is 94.7 cm³/mol. The topological polar surface area (TPSA) is 86.5 Å². The molecule has 0 radical (unpaired) electrons. The average molecular weight is 377 g/mol. The van der Waals surface area contributed by atoms with Crippen molar-refractivity contribution in [3.8, 4) is 0 Å². The van der Waals surface area contributed by atoms with Gasteiger partial charge in [0.05, 0.1) is 16.8 Å². The second kappa shape index (κ2) is 6.81. The van der Waals surface area contributed by atoms with E-state index in [1.807, 2.05) is 0 Å². The molecule has 0 bridgehead atoms. The third-order valence-corrected chi connectivity index (χ3v) is 7.15. The van der Waals surface area contributed by atoms with Gasteiger partial charge in [0, 0.05) is 12.5 Å². The van der Waals surface area contributed by atoms with Gasteiger partial charge in [0.15, 0.2) is 9.84 Å². The maximum absolute atomic E-state index is 13.7. The lowest BCUT2D eigenvalue weighted by Crippen LogP contribution is -2.33. The summed E-state index contributed by atoms with van der Waals surface area (Å²) in [5.74, 6) is -1.92. The van der Waals surface area contributed by atoms with E-state index in [1.165, 1.54) is 30.3 Å². The Kier molecular flexibility index (Phi) is 4.86. The molecule has 3 rings (SSSR count). The molecule has 0 spiro atoms. The van der Waals surface area contributed by atoms with E-state index in [4.69, 9.17) is 10.5 Å². The minimum Gasteiger partial charge on any atom is -0.465 e. The van der Waals surface area contributed by atoms with Gasteiger partial charge in [-0.3, -0.25) is 4.79 Å². The van der Waals surface area contributed by atoms with Crippen LogP contribution in [0.1, 0.15) is 18.4 Å². The number of rotatable bonds is 6. The predicted octanol–water partition coefficient (Wildman–Crippen LogP) is 2.27. The molecule has 0 amide bonds. The highest BCUT2D eigenvalue weighted by Crippen LogP contribution is 2.64. The molecule has 1 aliphatic rings. The zero-order valence-electron chi connectivity index (χ0n) is 14.3. The van der Waals surface area contributed by atoms with Crippen LogP contribution >= 0.6 is 0 Å². The van der Waals surface area contributed by atoms with E-state index in [1.54, 1.807) is 31.2 Å². The molecule has 3 atom stereocenters. The van der Waals surface area contributed by atoms with Crippen molar-refractivity contribution in [2.24, 2.45) is 11.1 Å². The number of hydrogen-bond acceptors (Lipinski definition) is 5. The number of carbonyl (C=O) groups excluding carboxylic acids is 1. The summed E-state index contributed by atoms with van der Waals surface area (Å²) in [5, 5.41) is -1.09. The minimum absolute atomic E-state index is 0.103. The molecule has 0 aliphatic heterocycles. The molecule has 1 saturated carbocycles. The first-order valence-electron chi connectivity index (χ1n) is 8.31. The Labute approximate surface area is 151 Å². The van der Waals surface area contributed by atoms with Gasteiger partial charge in [0.25, 0.3) is 0 Å². The molecule has 2 aromatic carbocycles. The third kappa shape index (κ3) is 2.81. The van der Waals surface area contributed by atoms with Crippen LogP contribution in [0.2, 0.25) is 0 Å². The van der Waals surface area contributed by atoms with Crippen LogP contribution in [-0.4, -0.2) is 32.8 Å². The van der Waals surface area contributed by atoms with Crippen molar-refractivity contribution in [1.82, 2.24) is 0 Å². The van der Waals surface area contributed by atoms with Crippen molar-refractivity contribution in [2.45, 2.75) is 23.0 Å². The number of nitrogens with two attached hydrogens (primary N) is 1. The third-order valence-electron chi connectivity index (χ3n) is 4.86. The summed E-state index contributed by atoms with van der Waals surface area (Å²) < 4.78 is 45.2. The Morgan fingerprint density at radius 1 is 1.19 bits per heavy atom. The van der Waals surface area contributed by atoms with Gasteiger partial charge in [-0.1, -0.05) is 30.3 Å². The minimum atomic E-state index is -3.86. The lowest BCUT2D eigenvalue weighted by molar-refractivity contribution is -0.149. The number of benzene rings is 2. The summed E-state index contributed by atoms with van der Waals surface area (Å²) in [7, 11) is -3.86. The first-order valence-corrected chi connectivity index (χ1v) is 9.86. The highest BCUT2D eigenvalue weighted by atomic mass is 32.2. The molecule has 7 heteroatoms. The normalized spacial score (nSPS) is 24.9. The van der Waals surface area contributed by atoms with E-state index in [0.29, 0.717) is 5.56 Å². The van der Waals surface area contributed by atoms with Crippen LogP contribution < -0.4 is 5.73 Å². The fourth-order valence-corrected chi connectivity index (χ4v) is 6.03. The van der Waals surface area contributed by atoms with E-state index in [-0.39, 0.29) is 18.0 Å². The average Bonchev–Trinajstić information content (AvgIpc) is 3.34. The molecule has 0 saturated heterocycles. The van der Waals surface area contributed by atoms with Crippen LogP contribution in [0.3, 0.4) is 0 Å². The molecule has 26 heavy (non-hydrogen) atoms. The van der Waals surface area contributed by atoms with Gasteiger partial charge >= 0.3 is 5.97 Å². The van der Waals surface area contributed by atoms with Gasteiger partial charge in [-0.25, -0.2) is 12.8 Å². The van der Waals surface area contributed by atoms with Crippen molar-refractivity contribution in [2.75, 3.05) is 13.2 Å². The fraction of sp³-hybridized carbons (Fsp3) is 0.316. The van der Waals surface area contributed by atoms with Crippen LogP contribution in [-0.2, 0) is 19.4 Å². The maximum atomic E-state index is 13.7. The summed E-state index contributed by atoms with van der Waals surface area (Å²) >= 11 is 0. The molecule has 0 heterocycles. The van der Waals surface area contributed by atoms with Crippen molar-refractivity contribution in [3.63, 3.8) is 0 Å². The van der Waals surface area contributed by atoms with E-state index in [0.717, 1.165) is 0 Å². The number of sulfone groups is 1. The van der Waals surface area contributed by atoms with Crippen LogP contribution in [0.4, 0.5) is 4.39 Å². The van der Waals surface area contributed by atoms with Gasteiger partial charge < -0.3 is 10.5 Å². The largest absolute Gasteiger partial charge is 0.465 e. The molecule has 2 aromatic rings. The standard InChI is InChI=1S/C19H20FNO4S/c1-2-25-18(22)19(12-21)16(13-7-6-8-14(20)11-13)17(19)26(23,24)15-9-4-3-5-10-15/h3-11,16-17H,2,12,21H2,1H3/t16-,17+,19+/m0/s1. The summed E-state index contributed by atoms with van der Waals surface area (Å²) in [5.41, 5.74) is 4.88. The number of ether oxygens (including phenoxy) is 1. The van der Waals surface area contributed by atoms with Gasteiger partial charge in [-0.2, -0.15) is 0 Å². The molecule has 1 aliphatic carbocycles. The second-order valence-electron chi connectivity index (χ2n) is 6.28. The van der Waals surface area contributed by atoms with E-state index >= 15 is 0 Å². The molecule has 0 unspecified atom stereocenters. The van der Waals surface area contributed by atoms with Gasteiger partial charge in [0.2, 0.25) is 0 Å². The Bertz CT molecular complexity index is 916. The first-order chi connectivity index (χ1) is 12.4. The lowest BCUT2D eigenvalue weighted by Gasteiger charge is -2.14. The number of halogens is 1. The Morgan fingerprint density at radius 3 is 2.46 bits per heavy atom. The fourth-order valence-electron chi connectivity index (χ4n) is 3.62. The van der Waals surface area contributed by atoms with Gasteiger partial charge in [-0.05, 0) is 36.8 Å². The molecule has 5 nitrogen and oxygen atoms in total. The molecule has 0 aromatic heterocycles. The first kappa shape index (κ1) is 18.5. The summed E-state index contributed by atoms with van der Waals surface area (Å²) in [6.07, 6.45) is 0. The Balaban J connectivity index is 2.13. The number of carbonyl (C=O) groups is 1. The van der Waals surface area contributed by atoms with Crippen molar-refractivity contribution in [3.05, 3.63) is 66.0 Å². The van der Waals surface area contributed by atoms with E-state index < -0.39 is 38.2 Å². The second-order valence-corrected chi connectivity index (χ2v) is 8.35. The molecule has 138 valence electrons. The summed E-state index contributed by atoms with van der Waals surface area (Å²) in [6.45, 7) is 1.54. The highest BCUT2D eigenvalue weighted by molar-refractivity contribution is 7.92. The smallest absolute Gasteiger partial charge is 0.315 e. The van der Waals surface area contributed by atoms with Crippen LogP contribution in [0, 0.1) is 11.2 Å². The van der Waals surface area contributed by atoms with Crippen LogP contribution in [0.5, 0.6) is 0 Å². The Morgan fingerprint density at radius 2 is 1.88 bits per heavy atom. The molecular formula is C19H20FNO4S. The van der Waals surface area contributed by atoms with E-state index in [9.17, 15) is 17.6 Å². The maximum Gasteiger partial charge on any atom is 0.315 e. The van der Waals surface area contributed by atoms with Crippen LogP contribution in [0.25, 0.3) is 0 Å². The van der Waals surface area contributed by atoms with Crippen molar-refractivity contribution < 1.29 is 22.3 Å². The van der Waals surface area contributed by atoms with Crippen molar-refractivity contribution >= 4 is 15.8 Å². The monoisotopic (exact) mass is 377 g/mol. The summed E-state index contributed by atoms with van der Waals surface area (Å²) in [4.78, 5) is 12.8. The lowest BCUT2D eigenvalue weighted by atomic mass is 9.99. The molecule has 1 fully saturated rings. The van der Waals surface area contributed by atoms with Crippen LogP contribution in [0.15, 0.2) is 59.5 Å². The highest BCUT2D eigenvalue weighted by Gasteiger charge is 2.75. The van der Waals surface area contributed by atoms with Crippen molar-refractivity contribution in [1.29, 1.82) is 0 Å². The summed E-state index contributed by atoms with van der Waals surface area (Å²) in [6, 6.07) is 13.5. The van der Waals surface area contributed by atoms with Gasteiger partial charge in [-0.15, -0.1) is 0 Å². The zero-order valence-corrected chi connectivity index (χ0v) is 15.1. The Hall–Kier alpha value is -2.25. The number of esters is 1. The molecule has 2 N–H and O–H groups in total. The number of hydrogen-bond donors (Lipinski definition) is 1. The molecular weight excluding hydrogens is 357 g/mol.